The first-order valence-electron chi connectivity index (χ1n) is 7.66. The SMILES string of the molecule is CNC1CCN(c2ncnc3[nH]c4ccc(C(N)=O)cc4c23)C1. The van der Waals surface area contributed by atoms with Gasteiger partial charge in [-0.2, -0.15) is 0 Å². The Morgan fingerprint density at radius 3 is 3.04 bits per heavy atom. The summed E-state index contributed by atoms with van der Waals surface area (Å²) in [7, 11) is 1.98. The fraction of sp³-hybridized carbons (Fsp3) is 0.312. The molecule has 1 saturated heterocycles. The number of carbonyl (C=O) groups excluding carboxylic acids is 1. The van der Waals surface area contributed by atoms with Crippen LogP contribution in [0, 0.1) is 0 Å². The van der Waals surface area contributed by atoms with Gasteiger partial charge in [-0.1, -0.05) is 0 Å². The van der Waals surface area contributed by atoms with Crippen molar-refractivity contribution in [3.05, 3.63) is 30.1 Å². The highest BCUT2D eigenvalue weighted by atomic mass is 16.1. The third-order valence-corrected chi connectivity index (χ3v) is 4.55. The second-order valence-electron chi connectivity index (χ2n) is 5.89. The van der Waals surface area contributed by atoms with Gasteiger partial charge in [0.05, 0.1) is 5.39 Å². The van der Waals surface area contributed by atoms with Crippen LogP contribution < -0.4 is 16.0 Å². The van der Waals surface area contributed by atoms with Gasteiger partial charge in [0.1, 0.15) is 17.8 Å². The Morgan fingerprint density at radius 1 is 1.43 bits per heavy atom. The van der Waals surface area contributed by atoms with Gasteiger partial charge in [-0.3, -0.25) is 4.79 Å². The maximum absolute atomic E-state index is 11.5. The van der Waals surface area contributed by atoms with Crippen LogP contribution in [0.2, 0.25) is 0 Å². The first-order valence-corrected chi connectivity index (χ1v) is 7.66. The lowest BCUT2D eigenvalue weighted by Crippen LogP contribution is -2.29. The Hall–Kier alpha value is -2.67. The van der Waals surface area contributed by atoms with E-state index in [2.05, 4.69) is 25.2 Å². The van der Waals surface area contributed by atoms with Crippen LogP contribution in [0.1, 0.15) is 16.8 Å². The molecule has 1 fully saturated rings. The van der Waals surface area contributed by atoms with Gasteiger partial charge in [-0.25, -0.2) is 9.97 Å². The number of hydrogen-bond donors (Lipinski definition) is 3. The van der Waals surface area contributed by atoms with Crippen LogP contribution in [0.4, 0.5) is 5.82 Å². The summed E-state index contributed by atoms with van der Waals surface area (Å²) < 4.78 is 0. The lowest BCUT2D eigenvalue weighted by atomic mass is 10.1. The van der Waals surface area contributed by atoms with E-state index in [1.54, 1.807) is 12.4 Å². The number of carbonyl (C=O) groups is 1. The molecule has 23 heavy (non-hydrogen) atoms. The zero-order valence-electron chi connectivity index (χ0n) is 12.8. The summed E-state index contributed by atoms with van der Waals surface area (Å²) >= 11 is 0. The Bertz CT molecular complexity index is 902. The van der Waals surface area contributed by atoms with Crippen molar-refractivity contribution in [1.29, 1.82) is 0 Å². The summed E-state index contributed by atoms with van der Waals surface area (Å²) in [5.41, 5.74) is 7.61. The molecule has 0 saturated carbocycles. The summed E-state index contributed by atoms with van der Waals surface area (Å²) in [6, 6.07) is 5.86. The second kappa shape index (κ2) is 5.20. The van der Waals surface area contributed by atoms with E-state index in [4.69, 9.17) is 5.73 Å². The molecule has 0 spiro atoms. The number of amides is 1. The summed E-state index contributed by atoms with van der Waals surface area (Å²) in [6.45, 7) is 1.85. The zero-order valence-corrected chi connectivity index (χ0v) is 12.8. The molecule has 4 N–H and O–H groups in total. The molecule has 3 aromatic rings. The van der Waals surface area contributed by atoms with Gasteiger partial charge >= 0.3 is 0 Å². The largest absolute Gasteiger partial charge is 0.366 e. The van der Waals surface area contributed by atoms with Crippen molar-refractivity contribution < 1.29 is 4.79 Å². The second-order valence-corrected chi connectivity index (χ2v) is 5.89. The molecule has 1 amide bonds. The number of hydrogen-bond acceptors (Lipinski definition) is 5. The standard InChI is InChI=1S/C16H18N6O/c1-18-10-4-5-22(7-10)16-13-11-6-9(14(17)23)2-3-12(11)21-15(13)19-8-20-16/h2-3,6,8,10,18H,4-5,7H2,1H3,(H2,17,23)(H,19,20,21). The minimum absolute atomic E-state index is 0.434. The maximum atomic E-state index is 11.5. The summed E-state index contributed by atoms with van der Waals surface area (Å²) in [4.78, 5) is 25.9. The Balaban J connectivity index is 1.92. The van der Waals surface area contributed by atoms with Gasteiger partial charge in [0.25, 0.3) is 0 Å². The van der Waals surface area contributed by atoms with E-state index >= 15 is 0 Å². The van der Waals surface area contributed by atoms with Gasteiger partial charge in [0.15, 0.2) is 0 Å². The minimum atomic E-state index is -0.434. The fourth-order valence-electron chi connectivity index (χ4n) is 3.29. The molecule has 1 aliphatic heterocycles. The zero-order chi connectivity index (χ0) is 16.0. The molecule has 7 nitrogen and oxygen atoms in total. The quantitative estimate of drug-likeness (QED) is 0.670. The van der Waals surface area contributed by atoms with Crippen LogP contribution >= 0.6 is 0 Å². The number of aromatic amines is 1. The molecule has 0 bridgehead atoms. The summed E-state index contributed by atoms with van der Waals surface area (Å²) in [6.07, 6.45) is 2.66. The molecule has 0 aliphatic carbocycles. The van der Waals surface area contributed by atoms with Crippen molar-refractivity contribution in [2.75, 3.05) is 25.0 Å². The molecule has 1 aliphatic rings. The number of anilines is 1. The molecule has 1 unspecified atom stereocenters. The molecule has 1 atom stereocenters. The average molecular weight is 310 g/mol. The van der Waals surface area contributed by atoms with Crippen molar-refractivity contribution in [1.82, 2.24) is 20.3 Å². The lowest BCUT2D eigenvalue weighted by molar-refractivity contribution is 0.100. The van der Waals surface area contributed by atoms with Crippen LogP contribution in [-0.4, -0.2) is 47.0 Å². The molecular weight excluding hydrogens is 292 g/mol. The number of primary amides is 1. The molecule has 4 rings (SSSR count). The smallest absolute Gasteiger partial charge is 0.248 e. The van der Waals surface area contributed by atoms with E-state index in [0.717, 1.165) is 47.3 Å². The van der Waals surface area contributed by atoms with Gasteiger partial charge in [0, 0.05) is 35.6 Å². The average Bonchev–Trinajstić information content (AvgIpc) is 3.18. The molecule has 2 aromatic heterocycles. The maximum Gasteiger partial charge on any atom is 0.248 e. The van der Waals surface area contributed by atoms with Crippen LogP contribution in [0.5, 0.6) is 0 Å². The molecular formula is C16H18N6O. The molecule has 118 valence electrons. The van der Waals surface area contributed by atoms with Crippen LogP contribution in [0.25, 0.3) is 21.9 Å². The predicted octanol–water partition coefficient (Wildman–Crippen LogP) is 1.01. The molecule has 0 radical (unpaired) electrons. The van der Waals surface area contributed by atoms with Gasteiger partial charge in [0.2, 0.25) is 5.91 Å². The number of likely N-dealkylation sites (N-methyl/N-ethyl adjacent to an activating group) is 1. The van der Waals surface area contributed by atoms with Crippen LogP contribution in [0.3, 0.4) is 0 Å². The van der Waals surface area contributed by atoms with Crippen molar-refractivity contribution in [3.8, 4) is 0 Å². The van der Waals surface area contributed by atoms with Gasteiger partial charge < -0.3 is 20.9 Å². The summed E-state index contributed by atoms with van der Waals surface area (Å²) in [5, 5.41) is 5.19. The highest BCUT2D eigenvalue weighted by Crippen LogP contribution is 2.33. The van der Waals surface area contributed by atoms with E-state index in [1.807, 2.05) is 19.2 Å². The van der Waals surface area contributed by atoms with Gasteiger partial charge in [-0.15, -0.1) is 0 Å². The first-order chi connectivity index (χ1) is 11.2. The van der Waals surface area contributed by atoms with Crippen molar-refractivity contribution >= 4 is 33.7 Å². The number of nitrogens with two attached hydrogens (primary N) is 1. The van der Waals surface area contributed by atoms with Crippen molar-refractivity contribution in [3.63, 3.8) is 0 Å². The first kappa shape index (κ1) is 14.0. The van der Waals surface area contributed by atoms with Crippen LogP contribution in [-0.2, 0) is 0 Å². The van der Waals surface area contributed by atoms with Crippen molar-refractivity contribution in [2.24, 2.45) is 5.73 Å². The topological polar surface area (TPSA) is 99.9 Å². The molecule has 7 heteroatoms. The highest BCUT2D eigenvalue weighted by Gasteiger charge is 2.25. The number of fused-ring (bicyclic) bond motifs is 3. The number of H-pyrrole nitrogens is 1. The third-order valence-electron chi connectivity index (χ3n) is 4.55. The van der Waals surface area contributed by atoms with E-state index in [0.29, 0.717) is 11.6 Å². The Morgan fingerprint density at radius 2 is 2.30 bits per heavy atom. The minimum Gasteiger partial charge on any atom is -0.366 e. The third kappa shape index (κ3) is 2.20. The van der Waals surface area contributed by atoms with Crippen LogP contribution in [0.15, 0.2) is 24.5 Å². The lowest BCUT2D eigenvalue weighted by Gasteiger charge is -2.18. The number of nitrogens with zero attached hydrogens (tertiary/aromatic N) is 3. The summed E-state index contributed by atoms with van der Waals surface area (Å²) in [5.74, 6) is 0.469. The fourth-order valence-corrected chi connectivity index (χ4v) is 3.29. The van der Waals surface area contributed by atoms with E-state index in [9.17, 15) is 4.79 Å². The highest BCUT2D eigenvalue weighted by molar-refractivity contribution is 6.13. The number of nitrogens with one attached hydrogen (secondary N) is 2. The van der Waals surface area contributed by atoms with Crippen molar-refractivity contribution in [2.45, 2.75) is 12.5 Å². The number of aromatic nitrogens is 3. The molecule has 1 aromatic carbocycles. The van der Waals surface area contributed by atoms with E-state index < -0.39 is 5.91 Å². The molecule has 3 heterocycles. The number of benzene rings is 1. The van der Waals surface area contributed by atoms with E-state index in [1.165, 1.54) is 0 Å². The Kier molecular flexibility index (Phi) is 3.16. The predicted molar refractivity (Wildman–Crippen MR) is 89.6 cm³/mol. The monoisotopic (exact) mass is 310 g/mol. The Labute approximate surface area is 132 Å². The van der Waals surface area contributed by atoms with Gasteiger partial charge in [-0.05, 0) is 31.7 Å². The number of rotatable bonds is 3. The van der Waals surface area contributed by atoms with E-state index in [-0.39, 0.29) is 0 Å². The normalized spacial score (nSPS) is 18.1.